The third kappa shape index (κ3) is 4.70. The summed E-state index contributed by atoms with van der Waals surface area (Å²) in [5.74, 6) is -4.75. The van der Waals surface area contributed by atoms with Gasteiger partial charge in [0.1, 0.15) is 5.56 Å². The summed E-state index contributed by atoms with van der Waals surface area (Å²) in [5, 5.41) is 1.58. The normalized spacial score (nSPS) is 19.3. The Bertz CT molecular complexity index is 1360. The number of amides is 1. The molecule has 1 aliphatic carbocycles. The summed E-state index contributed by atoms with van der Waals surface area (Å²) >= 11 is 0. The van der Waals surface area contributed by atoms with Gasteiger partial charge in [0.15, 0.2) is 5.82 Å². The number of rotatable bonds is 5. The van der Waals surface area contributed by atoms with Crippen LogP contribution in [0.4, 0.5) is 37.6 Å². The van der Waals surface area contributed by atoms with E-state index >= 15 is 4.39 Å². The summed E-state index contributed by atoms with van der Waals surface area (Å²) in [6, 6.07) is -1.21. The maximum atomic E-state index is 15.7. The number of aryl methyl sites for hydroxylation is 1. The second kappa shape index (κ2) is 8.87. The Hall–Kier alpha value is -3.39. The van der Waals surface area contributed by atoms with Crippen molar-refractivity contribution in [2.24, 2.45) is 5.41 Å². The predicted molar refractivity (Wildman–Crippen MR) is 123 cm³/mol. The van der Waals surface area contributed by atoms with Gasteiger partial charge in [-0.25, -0.2) is 17.8 Å². The maximum Gasteiger partial charge on any atom is 0.798 e. The fourth-order valence-electron chi connectivity index (χ4n) is 4.87. The molecule has 2 aliphatic rings. The zero-order valence-corrected chi connectivity index (χ0v) is 20.0. The fraction of sp³-hybridized carbons (Fsp3) is 0.500. The highest BCUT2D eigenvalue weighted by atomic mass is 19.4. The first-order valence-electron chi connectivity index (χ1n) is 11.3. The van der Waals surface area contributed by atoms with Crippen LogP contribution in [-0.2, 0) is 9.45 Å². The molecule has 1 saturated heterocycles. The highest BCUT2D eigenvalue weighted by Gasteiger charge is 2.47. The summed E-state index contributed by atoms with van der Waals surface area (Å²) in [5.41, 5.74) is 3.00. The number of halogens is 6. The molecular formula is C22H23BF6N4O4. The third-order valence-corrected chi connectivity index (χ3v) is 6.84. The van der Waals surface area contributed by atoms with Crippen molar-refractivity contribution in [1.29, 1.82) is 0 Å². The number of nitrogen functional groups attached to an aromatic ring is 1. The van der Waals surface area contributed by atoms with Crippen LogP contribution in [0.5, 0.6) is 0 Å². The van der Waals surface area contributed by atoms with Crippen molar-refractivity contribution in [2.45, 2.75) is 51.9 Å². The molecule has 1 aromatic heterocycles. The van der Waals surface area contributed by atoms with Crippen LogP contribution in [0.3, 0.4) is 0 Å². The first kappa shape index (κ1) is 26.7. The molecule has 4 rings (SSSR count). The van der Waals surface area contributed by atoms with Crippen molar-refractivity contribution in [3.63, 3.8) is 0 Å². The first-order chi connectivity index (χ1) is 17.0. The molecule has 1 aliphatic heterocycles. The van der Waals surface area contributed by atoms with Crippen molar-refractivity contribution >= 4 is 41.6 Å². The Kier molecular flexibility index (Phi) is 6.40. The number of anilines is 2. The number of hydrogen-bond acceptors (Lipinski definition) is 6. The zero-order valence-electron chi connectivity index (χ0n) is 20.0. The molecule has 8 nitrogen and oxygen atoms in total. The molecule has 37 heavy (non-hydrogen) atoms. The van der Waals surface area contributed by atoms with Gasteiger partial charge in [-0.05, 0) is 25.3 Å². The Morgan fingerprint density at radius 3 is 2.41 bits per heavy atom. The quantitative estimate of drug-likeness (QED) is 0.348. The number of fused-ring (bicyclic) bond motifs is 1. The number of pyridine rings is 1. The Labute approximate surface area is 206 Å². The van der Waals surface area contributed by atoms with E-state index in [9.17, 15) is 36.2 Å². The summed E-state index contributed by atoms with van der Waals surface area (Å²) in [4.78, 5) is 38.3. The number of carbonyl (C=O) groups is 2. The summed E-state index contributed by atoms with van der Waals surface area (Å²) in [6.07, 6.45) is -2.74. The lowest BCUT2D eigenvalue weighted by Gasteiger charge is -2.27. The van der Waals surface area contributed by atoms with Crippen LogP contribution in [0.1, 0.15) is 48.7 Å². The smallest absolute Gasteiger partial charge is 0.474 e. The fourth-order valence-corrected chi connectivity index (χ4v) is 4.87. The van der Waals surface area contributed by atoms with Crippen LogP contribution < -0.4 is 21.4 Å². The van der Waals surface area contributed by atoms with E-state index in [1.165, 1.54) is 16.4 Å². The number of alkyl halides is 3. The second-order valence-corrected chi connectivity index (χ2v) is 9.99. The Morgan fingerprint density at radius 1 is 1.24 bits per heavy atom. The first-order valence-corrected chi connectivity index (χ1v) is 11.3. The lowest BCUT2D eigenvalue weighted by molar-refractivity contribution is -0.174. The second-order valence-electron chi connectivity index (χ2n) is 9.99. The van der Waals surface area contributed by atoms with E-state index < -0.39 is 59.5 Å². The molecule has 2 aromatic rings. The molecule has 0 bridgehead atoms. The minimum Gasteiger partial charge on any atom is -0.474 e. The molecule has 0 radical (unpaired) electrons. The average Bonchev–Trinajstić information content (AvgIpc) is 3.56. The van der Waals surface area contributed by atoms with E-state index in [1.54, 1.807) is 13.8 Å². The van der Waals surface area contributed by atoms with E-state index in [1.807, 2.05) is 5.32 Å². The van der Waals surface area contributed by atoms with Crippen LogP contribution in [0.2, 0.25) is 0 Å². The summed E-state index contributed by atoms with van der Waals surface area (Å²) in [7, 11) is -3.47. The third-order valence-electron chi connectivity index (χ3n) is 6.84. The molecule has 1 amide bonds. The standard InChI is InChI=1S/C22H23BF6N4O4/c1-9-16-13(18(34)11(19(35)37-23(28)29)6-33(16)10-4-5-10)15(30)14(24)17(9)32-7-12(21(2,3)8-32)31-20(36)22(25,26)27/h6,10,12H,4-5,7-8,30H2,1-3H3,(H,31,36)/t12-/m0/s1. The minimum atomic E-state index is -5.10. The number of nitrogens with two attached hydrogens (primary N) is 1. The predicted octanol–water partition coefficient (Wildman–Crippen LogP) is 3.34. The van der Waals surface area contributed by atoms with E-state index in [2.05, 4.69) is 4.65 Å². The van der Waals surface area contributed by atoms with Gasteiger partial charge < -0.3 is 25.2 Å². The largest absolute Gasteiger partial charge is 0.798 e. The summed E-state index contributed by atoms with van der Waals surface area (Å²) in [6.45, 7) is 4.60. The van der Waals surface area contributed by atoms with E-state index in [0.717, 1.165) is 6.20 Å². The highest BCUT2D eigenvalue weighted by molar-refractivity contribution is 6.38. The van der Waals surface area contributed by atoms with Crippen molar-refractivity contribution < 1.29 is 40.4 Å². The van der Waals surface area contributed by atoms with E-state index in [0.29, 0.717) is 12.8 Å². The molecule has 1 aromatic carbocycles. The Balaban J connectivity index is 1.86. The highest BCUT2D eigenvalue weighted by Crippen LogP contribution is 2.44. The molecule has 3 N–H and O–H groups in total. The Morgan fingerprint density at radius 2 is 1.86 bits per heavy atom. The molecular weight excluding hydrogens is 509 g/mol. The monoisotopic (exact) mass is 532 g/mol. The van der Waals surface area contributed by atoms with Gasteiger partial charge in [0.25, 0.3) is 0 Å². The number of aromatic nitrogens is 1. The van der Waals surface area contributed by atoms with Gasteiger partial charge in [-0.2, -0.15) is 13.2 Å². The molecule has 0 spiro atoms. The number of carbonyl (C=O) groups excluding carboxylic acids is 2. The maximum absolute atomic E-state index is 15.7. The average molecular weight is 532 g/mol. The van der Waals surface area contributed by atoms with Gasteiger partial charge >= 0.3 is 25.5 Å². The van der Waals surface area contributed by atoms with Crippen LogP contribution >= 0.6 is 0 Å². The number of nitrogens with one attached hydrogen (secondary N) is 1. The molecule has 200 valence electrons. The van der Waals surface area contributed by atoms with E-state index in [-0.39, 0.29) is 41.3 Å². The number of hydrogen-bond donors (Lipinski definition) is 2. The molecule has 1 saturated carbocycles. The number of benzene rings is 1. The molecule has 2 heterocycles. The lowest BCUT2D eigenvalue weighted by atomic mass is 9.88. The van der Waals surface area contributed by atoms with Crippen LogP contribution in [0.15, 0.2) is 11.0 Å². The molecule has 15 heteroatoms. The number of nitrogens with zero attached hydrogens (tertiary/aromatic N) is 2. The van der Waals surface area contributed by atoms with Gasteiger partial charge in [-0.3, -0.25) is 9.59 Å². The van der Waals surface area contributed by atoms with Crippen molar-refractivity contribution in [3.8, 4) is 0 Å². The van der Waals surface area contributed by atoms with Crippen LogP contribution in [0.25, 0.3) is 10.9 Å². The molecule has 0 unspecified atom stereocenters. The topological polar surface area (TPSA) is 107 Å². The van der Waals surface area contributed by atoms with E-state index in [4.69, 9.17) is 5.73 Å². The SMILES string of the molecule is Cc1c(N2C[C@H](NC(=O)C(F)(F)F)C(C)(C)C2)c(F)c(N)c2c(=O)c(C(=O)OB(F)F)cn(C3CC3)c12. The molecule has 1 atom stereocenters. The van der Waals surface area contributed by atoms with Crippen LogP contribution in [0, 0.1) is 18.2 Å². The minimum absolute atomic E-state index is 0.0466. The molecule has 2 fully saturated rings. The van der Waals surface area contributed by atoms with Gasteiger partial charge in [-0.1, -0.05) is 13.8 Å². The van der Waals surface area contributed by atoms with Crippen molar-refractivity contribution in [2.75, 3.05) is 23.7 Å². The van der Waals surface area contributed by atoms with Crippen molar-refractivity contribution in [1.82, 2.24) is 9.88 Å². The van der Waals surface area contributed by atoms with Gasteiger partial charge in [-0.15, -0.1) is 0 Å². The van der Waals surface area contributed by atoms with Gasteiger partial charge in [0.2, 0.25) is 5.43 Å². The lowest BCUT2D eigenvalue weighted by Crippen LogP contribution is -2.49. The zero-order chi connectivity index (χ0) is 27.6. The summed E-state index contributed by atoms with van der Waals surface area (Å²) < 4.78 is 84.9. The van der Waals surface area contributed by atoms with Gasteiger partial charge in [0, 0.05) is 30.7 Å². The van der Waals surface area contributed by atoms with Gasteiger partial charge in [0.05, 0.1) is 28.3 Å². The van der Waals surface area contributed by atoms with Crippen molar-refractivity contribution in [3.05, 3.63) is 33.4 Å². The van der Waals surface area contributed by atoms with Crippen LogP contribution in [-0.4, -0.2) is 49.2 Å².